The summed E-state index contributed by atoms with van der Waals surface area (Å²) in [5.74, 6) is -0.130. The molecule has 0 radical (unpaired) electrons. The molecule has 2 fully saturated rings. The molecule has 0 unspecified atom stereocenters. The standard InChI is InChI=1S/C15H21FN4O3/c16-11-7-17-14(18-8-11)19-12-6-15(23-9-12)3-1-4-20(10-15)13(22)2-5-21/h7-8,12,21H,1-6,9-10H2,(H,17,18,19)/t12-,15+/m0/s1. The lowest BCUT2D eigenvalue weighted by molar-refractivity contribution is -0.139. The summed E-state index contributed by atoms with van der Waals surface area (Å²) in [5, 5.41) is 12.1. The maximum atomic E-state index is 12.8. The summed E-state index contributed by atoms with van der Waals surface area (Å²) in [6, 6.07) is 0.0355. The molecule has 0 bridgehead atoms. The van der Waals surface area contributed by atoms with Gasteiger partial charge in [-0.05, 0) is 12.8 Å². The van der Waals surface area contributed by atoms with Gasteiger partial charge >= 0.3 is 0 Å². The third-order valence-electron chi connectivity index (χ3n) is 4.38. The van der Waals surface area contributed by atoms with Crippen LogP contribution < -0.4 is 5.32 Å². The van der Waals surface area contributed by atoms with Crippen LogP contribution in [0.25, 0.3) is 0 Å². The summed E-state index contributed by atoms with van der Waals surface area (Å²) in [5.41, 5.74) is -0.346. The molecule has 7 nitrogen and oxygen atoms in total. The lowest BCUT2D eigenvalue weighted by atomic mass is 9.88. The van der Waals surface area contributed by atoms with Gasteiger partial charge in [-0.3, -0.25) is 4.79 Å². The lowest BCUT2D eigenvalue weighted by Gasteiger charge is -2.39. The molecular weight excluding hydrogens is 303 g/mol. The van der Waals surface area contributed by atoms with Crippen LogP contribution in [0.1, 0.15) is 25.7 Å². The Balaban J connectivity index is 1.59. The summed E-state index contributed by atoms with van der Waals surface area (Å²) in [7, 11) is 0. The second kappa shape index (κ2) is 6.76. The van der Waals surface area contributed by atoms with E-state index in [9.17, 15) is 9.18 Å². The first-order chi connectivity index (χ1) is 11.1. The van der Waals surface area contributed by atoms with Crippen molar-refractivity contribution in [3.63, 3.8) is 0 Å². The lowest BCUT2D eigenvalue weighted by Crippen LogP contribution is -2.50. The number of piperidine rings is 1. The minimum atomic E-state index is -0.472. The smallest absolute Gasteiger partial charge is 0.224 e. The summed E-state index contributed by atoms with van der Waals surface area (Å²) in [6.45, 7) is 1.63. The van der Waals surface area contributed by atoms with Gasteiger partial charge in [0.25, 0.3) is 0 Å². The zero-order chi connectivity index (χ0) is 16.3. The van der Waals surface area contributed by atoms with E-state index >= 15 is 0 Å². The van der Waals surface area contributed by atoms with Crippen molar-refractivity contribution < 1.29 is 19.0 Å². The molecule has 2 N–H and O–H groups in total. The van der Waals surface area contributed by atoms with Gasteiger partial charge in [-0.15, -0.1) is 0 Å². The third-order valence-corrected chi connectivity index (χ3v) is 4.38. The van der Waals surface area contributed by atoms with Crippen molar-refractivity contribution in [3.8, 4) is 0 Å². The van der Waals surface area contributed by atoms with Crippen molar-refractivity contribution in [3.05, 3.63) is 18.2 Å². The second-order valence-corrected chi connectivity index (χ2v) is 6.16. The fourth-order valence-corrected chi connectivity index (χ4v) is 3.36. The SMILES string of the molecule is O=C(CCO)N1CCC[C@@]2(C[C@H](Nc3ncc(F)cn3)CO2)C1. The van der Waals surface area contributed by atoms with E-state index in [1.54, 1.807) is 4.90 Å². The molecule has 2 aliphatic rings. The van der Waals surface area contributed by atoms with Gasteiger partial charge in [0.2, 0.25) is 11.9 Å². The Morgan fingerprint density at radius 2 is 2.30 bits per heavy atom. The number of hydrogen-bond donors (Lipinski definition) is 2. The number of likely N-dealkylation sites (tertiary alicyclic amines) is 1. The first kappa shape index (κ1) is 16.1. The van der Waals surface area contributed by atoms with E-state index < -0.39 is 5.82 Å². The molecule has 1 aromatic heterocycles. The van der Waals surface area contributed by atoms with Crippen LogP contribution in [0.2, 0.25) is 0 Å². The fraction of sp³-hybridized carbons (Fsp3) is 0.667. The van der Waals surface area contributed by atoms with Gasteiger partial charge in [0.1, 0.15) is 0 Å². The topological polar surface area (TPSA) is 87.6 Å². The van der Waals surface area contributed by atoms with E-state index in [2.05, 4.69) is 15.3 Å². The Hall–Kier alpha value is -1.80. The Kier molecular flexibility index (Phi) is 4.72. The average Bonchev–Trinajstić information content (AvgIpc) is 2.92. The van der Waals surface area contributed by atoms with Crippen molar-refractivity contribution in [2.75, 3.05) is 31.6 Å². The molecule has 0 saturated carbocycles. The quantitative estimate of drug-likeness (QED) is 0.841. The first-order valence-electron chi connectivity index (χ1n) is 7.87. The minimum Gasteiger partial charge on any atom is -0.396 e. The maximum absolute atomic E-state index is 12.8. The number of aliphatic hydroxyl groups excluding tert-OH is 1. The maximum Gasteiger partial charge on any atom is 0.224 e. The highest BCUT2D eigenvalue weighted by Crippen LogP contribution is 2.35. The fourth-order valence-electron chi connectivity index (χ4n) is 3.36. The number of carbonyl (C=O) groups excluding carboxylic acids is 1. The molecule has 0 aliphatic carbocycles. The molecule has 2 aliphatic heterocycles. The van der Waals surface area contributed by atoms with E-state index in [4.69, 9.17) is 9.84 Å². The number of halogens is 1. The minimum absolute atomic E-state index is 0.0338. The number of rotatable bonds is 4. The van der Waals surface area contributed by atoms with Gasteiger partial charge in [-0.25, -0.2) is 14.4 Å². The Labute approximate surface area is 133 Å². The molecule has 1 spiro atoms. The number of aromatic nitrogens is 2. The van der Waals surface area contributed by atoms with E-state index in [0.29, 0.717) is 25.6 Å². The van der Waals surface area contributed by atoms with Crippen LogP contribution in [-0.4, -0.2) is 63.8 Å². The number of aliphatic hydroxyl groups is 1. The first-order valence-corrected chi connectivity index (χ1v) is 7.87. The van der Waals surface area contributed by atoms with Crippen LogP contribution in [0.3, 0.4) is 0 Å². The highest BCUT2D eigenvalue weighted by atomic mass is 19.1. The van der Waals surface area contributed by atoms with Gasteiger partial charge in [-0.2, -0.15) is 0 Å². The van der Waals surface area contributed by atoms with Crippen molar-refractivity contribution in [2.45, 2.75) is 37.3 Å². The zero-order valence-corrected chi connectivity index (χ0v) is 12.9. The number of hydrogen-bond acceptors (Lipinski definition) is 6. The molecule has 8 heteroatoms. The van der Waals surface area contributed by atoms with Gasteiger partial charge in [0.05, 0.1) is 37.3 Å². The van der Waals surface area contributed by atoms with Gasteiger partial charge < -0.3 is 20.1 Å². The predicted molar refractivity (Wildman–Crippen MR) is 80.2 cm³/mol. The van der Waals surface area contributed by atoms with Gasteiger partial charge in [-0.1, -0.05) is 0 Å². The molecule has 1 aromatic rings. The van der Waals surface area contributed by atoms with Crippen LogP contribution in [0, 0.1) is 5.82 Å². The highest BCUT2D eigenvalue weighted by Gasteiger charge is 2.44. The number of nitrogens with one attached hydrogen (secondary N) is 1. The van der Waals surface area contributed by atoms with E-state index in [0.717, 1.165) is 31.7 Å². The average molecular weight is 324 g/mol. The molecule has 0 aromatic carbocycles. The molecule has 1 amide bonds. The van der Waals surface area contributed by atoms with Gasteiger partial charge in [0, 0.05) is 25.9 Å². The number of nitrogens with zero attached hydrogens (tertiary/aromatic N) is 3. The normalized spacial score (nSPS) is 27.4. The number of carbonyl (C=O) groups is 1. The molecule has 2 saturated heterocycles. The van der Waals surface area contributed by atoms with Gasteiger partial charge in [0.15, 0.2) is 5.82 Å². The van der Waals surface area contributed by atoms with Crippen molar-refractivity contribution >= 4 is 11.9 Å². The molecule has 3 rings (SSSR count). The Morgan fingerprint density at radius 1 is 1.52 bits per heavy atom. The van der Waals surface area contributed by atoms with Crippen LogP contribution >= 0.6 is 0 Å². The molecule has 126 valence electrons. The monoisotopic (exact) mass is 324 g/mol. The number of anilines is 1. The molecular formula is C15H21FN4O3. The molecule has 23 heavy (non-hydrogen) atoms. The summed E-state index contributed by atoms with van der Waals surface area (Å²) >= 11 is 0. The highest BCUT2D eigenvalue weighted by molar-refractivity contribution is 5.76. The van der Waals surface area contributed by atoms with Crippen LogP contribution in [0.5, 0.6) is 0 Å². The largest absolute Gasteiger partial charge is 0.396 e. The van der Waals surface area contributed by atoms with Crippen LogP contribution in [-0.2, 0) is 9.53 Å². The summed E-state index contributed by atoms with van der Waals surface area (Å²) in [6.07, 6.45) is 4.93. The van der Waals surface area contributed by atoms with Crippen LogP contribution in [0.15, 0.2) is 12.4 Å². The van der Waals surface area contributed by atoms with Crippen molar-refractivity contribution in [1.29, 1.82) is 0 Å². The summed E-state index contributed by atoms with van der Waals surface area (Å²) < 4.78 is 18.8. The van der Waals surface area contributed by atoms with Crippen molar-refractivity contribution in [1.82, 2.24) is 14.9 Å². The molecule has 3 heterocycles. The van der Waals surface area contributed by atoms with Crippen LogP contribution in [0.4, 0.5) is 10.3 Å². The Bertz CT molecular complexity index is 556. The molecule has 2 atom stereocenters. The number of ether oxygens (including phenoxy) is 1. The van der Waals surface area contributed by atoms with E-state index in [1.807, 2.05) is 0 Å². The second-order valence-electron chi connectivity index (χ2n) is 6.16. The number of amides is 1. The summed E-state index contributed by atoms with van der Waals surface area (Å²) in [4.78, 5) is 21.6. The zero-order valence-electron chi connectivity index (χ0n) is 12.9. The third kappa shape index (κ3) is 3.76. The van der Waals surface area contributed by atoms with E-state index in [1.165, 1.54) is 0 Å². The van der Waals surface area contributed by atoms with E-state index in [-0.39, 0.29) is 30.6 Å². The van der Waals surface area contributed by atoms with Crippen molar-refractivity contribution in [2.24, 2.45) is 0 Å². The predicted octanol–water partition coefficient (Wildman–Crippen LogP) is 0.560. The Morgan fingerprint density at radius 3 is 3.04 bits per heavy atom.